The van der Waals surface area contributed by atoms with Gasteiger partial charge >= 0.3 is 0 Å². The minimum atomic E-state index is -0.207. The second-order valence-electron chi connectivity index (χ2n) is 7.85. The fraction of sp³-hybridized carbons (Fsp3) is 0.269. The molecule has 2 atom stereocenters. The summed E-state index contributed by atoms with van der Waals surface area (Å²) < 4.78 is 19.0. The number of rotatable bonds is 6. The maximum Gasteiger partial charge on any atom is 0.123 e. The zero-order valence-electron chi connectivity index (χ0n) is 18.4. The molecule has 1 saturated heterocycles. The molecule has 0 unspecified atom stereocenters. The quantitative estimate of drug-likeness (QED) is 0.485. The van der Waals surface area contributed by atoms with Crippen LogP contribution in [0.1, 0.15) is 29.0 Å². The molecule has 174 valence electrons. The van der Waals surface area contributed by atoms with E-state index in [2.05, 4.69) is 22.8 Å². The zero-order valence-corrected chi connectivity index (χ0v) is 20.0. The minimum Gasteiger partial charge on any atom is -0.496 e. The highest BCUT2D eigenvalue weighted by molar-refractivity contribution is 5.85. The molecule has 33 heavy (non-hydrogen) atoms. The van der Waals surface area contributed by atoms with E-state index in [0.29, 0.717) is 12.1 Å². The molecule has 0 amide bonds. The maximum atomic E-state index is 13.4. The van der Waals surface area contributed by atoms with E-state index < -0.39 is 0 Å². The molecule has 0 saturated carbocycles. The number of nitriles is 1. The van der Waals surface area contributed by atoms with Crippen LogP contribution >= 0.6 is 24.8 Å². The maximum absolute atomic E-state index is 13.4. The lowest BCUT2D eigenvalue weighted by atomic mass is 9.86. The minimum absolute atomic E-state index is 0. The zero-order chi connectivity index (χ0) is 21.6. The fourth-order valence-electron chi connectivity index (χ4n) is 4.24. The number of methoxy groups -OCH3 is 1. The van der Waals surface area contributed by atoms with Gasteiger partial charge in [0, 0.05) is 30.6 Å². The van der Waals surface area contributed by atoms with E-state index in [1.165, 1.54) is 12.1 Å². The van der Waals surface area contributed by atoms with Crippen molar-refractivity contribution in [3.05, 3.63) is 89.2 Å². The van der Waals surface area contributed by atoms with Crippen LogP contribution in [0.5, 0.6) is 5.75 Å². The molecule has 0 aliphatic carbocycles. The molecule has 0 spiro atoms. The third-order valence-corrected chi connectivity index (χ3v) is 5.96. The third-order valence-electron chi connectivity index (χ3n) is 5.96. The van der Waals surface area contributed by atoms with E-state index in [-0.39, 0.29) is 42.6 Å². The summed E-state index contributed by atoms with van der Waals surface area (Å²) in [7, 11) is 1.69. The fourth-order valence-corrected chi connectivity index (χ4v) is 4.24. The Hall–Kier alpha value is -2.62. The van der Waals surface area contributed by atoms with Gasteiger partial charge in [0.05, 0.1) is 18.7 Å². The molecular formula is C26H28Cl2FN3O. The number of ether oxygens (including phenoxy) is 1. The van der Waals surface area contributed by atoms with E-state index in [1.807, 2.05) is 48.5 Å². The van der Waals surface area contributed by atoms with Crippen LogP contribution in [0.4, 0.5) is 4.39 Å². The van der Waals surface area contributed by atoms with Crippen LogP contribution in [-0.4, -0.2) is 26.2 Å². The Labute approximate surface area is 207 Å². The van der Waals surface area contributed by atoms with Crippen molar-refractivity contribution in [1.82, 2.24) is 10.6 Å². The monoisotopic (exact) mass is 487 g/mol. The van der Waals surface area contributed by atoms with E-state index in [9.17, 15) is 4.39 Å². The number of nitrogens with zero attached hydrogens (tertiary/aromatic N) is 1. The second kappa shape index (κ2) is 12.6. The Kier molecular flexibility index (Phi) is 10.1. The summed E-state index contributed by atoms with van der Waals surface area (Å²) in [5, 5.41) is 16.2. The molecule has 7 heteroatoms. The topological polar surface area (TPSA) is 57.1 Å². The van der Waals surface area contributed by atoms with E-state index in [4.69, 9.17) is 10.00 Å². The average molecular weight is 488 g/mol. The molecular weight excluding hydrogens is 460 g/mol. The number of hydrogen-bond donors (Lipinski definition) is 2. The van der Waals surface area contributed by atoms with Crippen molar-refractivity contribution >= 4 is 24.8 Å². The summed E-state index contributed by atoms with van der Waals surface area (Å²) in [5.41, 5.74) is 5.03. The highest BCUT2D eigenvalue weighted by atomic mass is 35.5. The van der Waals surface area contributed by atoms with Crippen LogP contribution in [0.15, 0.2) is 66.7 Å². The van der Waals surface area contributed by atoms with Gasteiger partial charge in [0.25, 0.3) is 0 Å². The Morgan fingerprint density at radius 3 is 2.39 bits per heavy atom. The summed E-state index contributed by atoms with van der Waals surface area (Å²) in [5.74, 6) is 0.917. The first kappa shape index (κ1) is 26.6. The molecule has 4 nitrogen and oxygen atoms in total. The smallest absolute Gasteiger partial charge is 0.123 e. The van der Waals surface area contributed by atoms with Crippen molar-refractivity contribution in [3.8, 4) is 22.9 Å². The van der Waals surface area contributed by atoms with Gasteiger partial charge in [-0.05, 0) is 66.1 Å². The lowest BCUT2D eigenvalue weighted by Gasteiger charge is -2.33. The summed E-state index contributed by atoms with van der Waals surface area (Å²) in [4.78, 5) is 0. The number of halogens is 3. The van der Waals surface area contributed by atoms with Crippen LogP contribution in [0.2, 0.25) is 0 Å². The molecule has 1 aliphatic heterocycles. The first-order valence-corrected chi connectivity index (χ1v) is 10.5. The van der Waals surface area contributed by atoms with Gasteiger partial charge < -0.3 is 15.4 Å². The van der Waals surface area contributed by atoms with Crippen LogP contribution in [0.25, 0.3) is 11.1 Å². The molecule has 0 bridgehead atoms. The SMILES string of the molecule is COc1ccc(-c2ccc(C#N)cc2)cc1CN[C@H]1CCNC[C@H]1c1ccc(F)cc1.Cl.Cl. The average Bonchev–Trinajstić information content (AvgIpc) is 2.83. The van der Waals surface area contributed by atoms with Crippen LogP contribution in [0.3, 0.4) is 0 Å². The van der Waals surface area contributed by atoms with Crippen LogP contribution < -0.4 is 15.4 Å². The summed E-state index contributed by atoms with van der Waals surface area (Å²) in [6.45, 7) is 2.50. The van der Waals surface area contributed by atoms with E-state index in [1.54, 1.807) is 7.11 Å². The molecule has 4 rings (SSSR count). The summed E-state index contributed by atoms with van der Waals surface area (Å²) >= 11 is 0. The van der Waals surface area contributed by atoms with Gasteiger partial charge in [-0.25, -0.2) is 4.39 Å². The van der Waals surface area contributed by atoms with Crippen LogP contribution in [-0.2, 0) is 6.54 Å². The third kappa shape index (κ3) is 6.46. The largest absolute Gasteiger partial charge is 0.496 e. The highest BCUT2D eigenvalue weighted by Gasteiger charge is 2.26. The Morgan fingerprint density at radius 1 is 1.03 bits per heavy atom. The van der Waals surface area contributed by atoms with E-state index in [0.717, 1.165) is 47.5 Å². The highest BCUT2D eigenvalue weighted by Crippen LogP contribution is 2.29. The first-order valence-electron chi connectivity index (χ1n) is 10.5. The summed E-state index contributed by atoms with van der Waals surface area (Å²) in [6, 6.07) is 23.0. The number of piperidine rings is 1. The molecule has 0 radical (unpaired) electrons. The van der Waals surface area contributed by atoms with Gasteiger partial charge in [0.1, 0.15) is 11.6 Å². The molecule has 3 aromatic carbocycles. The van der Waals surface area contributed by atoms with Crippen molar-refractivity contribution in [2.75, 3.05) is 20.2 Å². The standard InChI is InChI=1S/C26H26FN3O.2ClH/c1-31-26-11-8-21(19-4-2-18(15-28)3-5-19)14-22(26)16-30-25-12-13-29-17-24(25)20-6-9-23(27)10-7-20;;/h2-11,14,24-25,29-30H,12-13,16-17H2,1H3;2*1H/t24-,25-;;/m0../s1. The van der Waals surface area contributed by atoms with Crippen molar-refractivity contribution in [2.45, 2.75) is 24.9 Å². The molecule has 1 heterocycles. The van der Waals surface area contributed by atoms with Crippen molar-refractivity contribution < 1.29 is 9.13 Å². The summed E-state index contributed by atoms with van der Waals surface area (Å²) in [6.07, 6.45) is 1.000. The van der Waals surface area contributed by atoms with Crippen molar-refractivity contribution in [3.63, 3.8) is 0 Å². The Bertz CT molecular complexity index is 1070. The van der Waals surface area contributed by atoms with Crippen LogP contribution in [0, 0.1) is 17.1 Å². The number of nitrogens with one attached hydrogen (secondary N) is 2. The van der Waals surface area contributed by atoms with Crippen molar-refractivity contribution in [2.24, 2.45) is 0 Å². The Balaban J connectivity index is 0.00000193. The predicted molar refractivity (Wildman–Crippen MR) is 135 cm³/mol. The molecule has 0 aromatic heterocycles. The molecule has 2 N–H and O–H groups in total. The number of hydrogen-bond acceptors (Lipinski definition) is 4. The molecule has 1 fully saturated rings. The lowest BCUT2D eigenvalue weighted by Crippen LogP contribution is -2.45. The number of benzene rings is 3. The molecule has 3 aromatic rings. The van der Waals surface area contributed by atoms with Gasteiger partial charge in [-0.2, -0.15) is 5.26 Å². The second-order valence-corrected chi connectivity index (χ2v) is 7.85. The van der Waals surface area contributed by atoms with E-state index >= 15 is 0 Å². The normalized spacial score (nSPS) is 17.2. The molecule has 1 aliphatic rings. The lowest BCUT2D eigenvalue weighted by molar-refractivity contribution is 0.337. The predicted octanol–water partition coefficient (Wildman–Crippen LogP) is 5.45. The van der Waals surface area contributed by atoms with Gasteiger partial charge in [-0.3, -0.25) is 0 Å². The van der Waals surface area contributed by atoms with Gasteiger partial charge in [0.2, 0.25) is 0 Å². The van der Waals surface area contributed by atoms with Gasteiger partial charge in [-0.1, -0.05) is 30.3 Å². The van der Waals surface area contributed by atoms with Gasteiger partial charge in [0.15, 0.2) is 0 Å². The first-order chi connectivity index (χ1) is 15.2. The van der Waals surface area contributed by atoms with Crippen molar-refractivity contribution in [1.29, 1.82) is 5.26 Å². The Morgan fingerprint density at radius 2 is 1.73 bits per heavy atom. The van der Waals surface area contributed by atoms with Gasteiger partial charge in [-0.15, -0.1) is 24.8 Å².